The van der Waals surface area contributed by atoms with Crippen molar-refractivity contribution in [3.05, 3.63) is 40.5 Å². The van der Waals surface area contributed by atoms with Gasteiger partial charge < -0.3 is 10.4 Å². The van der Waals surface area contributed by atoms with Crippen molar-refractivity contribution in [2.24, 2.45) is 5.92 Å². The van der Waals surface area contributed by atoms with Crippen LogP contribution in [0.25, 0.3) is 21.3 Å². The molecule has 25 heavy (non-hydrogen) atoms. The van der Waals surface area contributed by atoms with E-state index in [2.05, 4.69) is 15.3 Å². The molecule has 1 atom stereocenters. The minimum atomic E-state index is -0.901. The van der Waals surface area contributed by atoms with E-state index in [0.29, 0.717) is 10.8 Å². The van der Waals surface area contributed by atoms with Gasteiger partial charge in [0, 0.05) is 15.5 Å². The smallest absolute Gasteiger partial charge is 0.326 e. The van der Waals surface area contributed by atoms with Crippen LogP contribution in [0.4, 0.5) is 5.82 Å². The summed E-state index contributed by atoms with van der Waals surface area (Å²) in [7, 11) is 0. The second-order valence-corrected chi connectivity index (χ2v) is 7.79. The minimum absolute atomic E-state index is 0.0822. The zero-order valence-corrected chi connectivity index (χ0v) is 15.6. The number of halogens is 1. The second kappa shape index (κ2) is 6.98. The molecule has 5 nitrogen and oxygen atoms in total. The lowest BCUT2D eigenvalue weighted by atomic mass is 10.0. The molecule has 0 spiro atoms. The Balaban J connectivity index is 2.17. The van der Waals surface area contributed by atoms with E-state index in [1.807, 2.05) is 45.0 Å². The highest BCUT2D eigenvalue weighted by molar-refractivity contribution is 7.19. The summed E-state index contributed by atoms with van der Waals surface area (Å²) in [6.45, 7) is 5.75. The molecule has 0 fully saturated rings. The number of rotatable bonds is 5. The summed E-state index contributed by atoms with van der Waals surface area (Å²) < 4.78 is 0. The number of carbonyl (C=O) groups is 1. The normalized spacial score (nSPS) is 12.5. The predicted octanol–water partition coefficient (Wildman–Crippen LogP) is 4.84. The maximum absolute atomic E-state index is 11.6. The van der Waals surface area contributed by atoms with Gasteiger partial charge >= 0.3 is 5.97 Å². The molecule has 0 aliphatic heterocycles. The summed E-state index contributed by atoms with van der Waals surface area (Å²) in [4.78, 5) is 22.2. The lowest BCUT2D eigenvalue weighted by molar-refractivity contribution is -0.138. The molecule has 0 aliphatic carbocycles. The number of fused-ring (bicyclic) bond motifs is 1. The molecule has 0 bridgehead atoms. The lowest BCUT2D eigenvalue weighted by Crippen LogP contribution is -2.34. The summed E-state index contributed by atoms with van der Waals surface area (Å²) in [6, 6.07) is 6.85. The number of nitrogens with one attached hydrogen (secondary N) is 1. The van der Waals surface area contributed by atoms with Crippen LogP contribution in [0, 0.1) is 12.8 Å². The van der Waals surface area contributed by atoms with E-state index in [9.17, 15) is 9.90 Å². The van der Waals surface area contributed by atoms with Gasteiger partial charge in [0.15, 0.2) is 0 Å². The Morgan fingerprint density at radius 1 is 1.24 bits per heavy atom. The number of carboxylic acid groups (broad SMARTS) is 1. The van der Waals surface area contributed by atoms with Crippen molar-refractivity contribution in [1.82, 2.24) is 9.97 Å². The molecule has 1 aromatic carbocycles. The number of nitrogens with zero attached hydrogens (tertiary/aromatic N) is 2. The third kappa shape index (κ3) is 3.45. The fourth-order valence-corrected chi connectivity index (χ4v) is 3.92. The molecule has 1 unspecified atom stereocenters. The maximum Gasteiger partial charge on any atom is 0.326 e. The number of aryl methyl sites for hydroxylation is 1. The van der Waals surface area contributed by atoms with Crippen molar-refractivity contribution in [1.29, 1.82) is 0 Å². The van der Waals surface area contributed by atoms with Gasteiger partial charge in [0.1, 0.15) is 23.0 Å². The third-order valence-electron chi connectivity index (χ3n) is 4.02. The third-order valence-corrected chi connectivity index (χ3v) is 5.29. The average Bonchev–Trinajstić information content (AvgIpc) is 2.89. The van der Waals surface area contributed by atoms with E-state index < -0.39 is 12.0 Å². The summed E-state index contributed by atoms with van der Waals surface area (Å²) in [6.07, 6.45) is 1.46. The first-order chi connectivity index (χ1) is 11.9. The largest absolute Gasteiger partial charge is 0.480 e. The number of anilines is 1. The van der Waals surface area contributed by atoms with Crippen LogP contribution in [0.2, 0.25) is 5.02 Å². The van der Waals surface area contributed by atoms with Crippen LogP contribution in [0.5, 0.6) is 0 Å². The number of aromatic nitrogens is 2. The molecular weight excluding hydrogens is 358 g/mol. The van der Waals surface area contributed by atoms with Crippen molar-refractivity contribution >= 4 is 44.9 Å². The molecule has 2 aromatic heterocycles. The van der Waals surface area contributed by atoms with E-state index in [1.54, 1.807) is 11.3 Å². The molecule has 2 heterocycles. The van der Waals surface area contributed by atoms with Crippen molar-refractivity contribution in [2.75, 3.05) is 5.32 Å². The Bertz CT molecular complexity index is 922. The first-order valence-electron chi connectivity index (χ1n) is 7.88. The van der Waals surface area contributed by atoms with Gasteiger partial charge in [-0.15, -0.1) is 11.3 Å². The van der Waals surface area contributed by atoms with Gasteiger partial charge in [-0.05, 0) is 30.5 Å². The van der Waals surface area contributed by atoms with Crippen LogP contribution < -0.4 is 5.32 Å². The molecule has 3 rings (SSSR count). The van der Waals surface area contributed by atoms with Gasteiger partial charge in [0.2, 0.25) is 0 Å². The highest BCUT2D eigenvalue weighted by Crippen LogP contribution is 2.40. The van der Waals surface area contributed by atoms with Gasteiger partial charge in [-0.1, -0.05) is 37.6 Å². The molecule has 7 heteroatoms. The van der Waals surface area contributed by atoms with Crippen LogP contribution in [-0.2, 0) is 4.79 Å². The number of aliphatic carboxylic acids is 1. The Morgan fingerprint density at radius 3 is 2.52 bits per heavy atom. The average molecular weight is 376 g/mol. The molecule has 0 amide bonds. The fourth-order valence-electron chi connectivity index (χ4n) is 2.78. The number of thiophene rings is 1. The van der Waals surface area contributed by atoms with Crippen molar-refractivity contribution in [3.63, 3.8) is 0 Å². The van der Waals surface area contributed by atoms with Gasteiger partial charge in [0.05, 0.1) is 5.39 Å². The van der Waals surface area contributed by atoms with E-state index >= 15 is 0 Å². The second-order valence-electron chi connectivity index (χ2n) is 6.15. The lowest BCUT2D eigenvalue weighted by Gasteiger charge is -2.19. The number of hydrogen-bond acceptors (Lipinski definition) is 5. The van der Waals surface area contributed by atoms with E-state index in [-0.39, 0.29) is 5.92 Å². The topological polar surface area (TPSA) is 75.1 Å². The fraction of sp³-hybridized carbons (Fsp3) is 0.278. The molecule has 0 aliphatic rings. The number of hydrogen-bond donors (Lipinski definition) is 2. The quantitative estimate of drug-likeness (QED) is 0.667. The highest BCUT2D eigenvalue weighted by atomic mass is 35.5. The molecule has 0 saturated heterocycles. The van der Waals surface area contributed by atoms with Crippen LogP contribution in [0.15, 0.2) is 30.6 Å². The SMILES string of the molecule is Cc1sc2ncnc(NC(C(=O)O)C(C)C)c2c1-c1ccc(Cl)cc1. The van der Waals surface area contributed by atoms with Gasteiger partial charge in [-0.25, -0.2) is 14.8 Å². The first-order valence-corrected chi connectivity index (χ1v) is 9.07. The molecule has 2 N–H and O–H groups in total. The van der Waals surface area contributed by atoms with Gasteiger partial charge in [0.25, 0.3) is 0 Å². The Morgan fingerprint density at radius 2 is 1.92 bits per heavy atom. The zero-order chi connectivity index (χ0) is 18.1. The van der Waals surface area contributed by atoms with Crippen molar-refractivity contribution in [2.45, 2.75) is 26.8 Å². The summed E-state index contributed by atoms with van der Waals surface area (Å²) in [5.41, 5.74) is 2.01. The van der Waals surface area contributed by atoms with Crippen molar-refractivity contribution < 1.29 is 9.90 Å². The van der Waals surface area contributed by atoms with E-state index in [1.165, 1.54) is 6.33 Å². The predicted molar refractivity (Wildman–Crippen MR) is 102 cm³/mol. The molecular formula is C18H18ClN3O2S. The monoisotopic (exact) mass is 375 g/mol. The molecule has 3 aromatic rings. The summed E-state index contributed by atoms with van der Waals surface area (Å²) in [5, 5.41) is 14.1. The van der Waals surface area contributed by atoms with Crippen LogP contribution in [0.1, 0.15) is 18.7 Å². The Kier molecular flexibility index (Phi) is 4.92. The first kappa shape index (κ1) is 17.6. The van der Waals surface area contributed by atoms with Crippen LogP contribution in [-0.4, -0.2) is 27.1 Å². The Labute approximate surface area is 154 Å². The van der Waals surface area contributed by atoms with Crippen LogP contribution >= 0.6 is 22.9 Å². The summed E-state index contributed by atoms with van der Waals surface area (Å²) >= 11 is 7.57. The number of carboxylic acids is 1. The standard InChI is InChI=1S/C18H18ClN3O2S/c1-9(2)15(18(23)24)22-16-14-13(11-4-6-12(19)7-5-11)10(3)25-17(14)21-8-20-16/h4-9,15H,1-3H3,(H,23,24)(H,20,21,22). The maximum atomic E-state index is 11.6. The number of benzene rings is 1. The minimum Gasteiger partial charge on any atom is -0.480 e. The zero-order valence-electron chi connectivity index (χ0n) is 14.1. The van der Waals surface area contributed by atoms with E-state index in [4.69, 9.17) is 11.6 Å². The molecule has 0 radical (unpaired) electrons. The molecule has 0 saturated carbocycles. The highest BCUT2D eigenvalue weighted by Gasteiger charge is 2.24. The molecule has 130 valence electrons. The Hall–Kier alpha value is -2.18. The van der Waals surface area contributed by atoms with Gasteiger partial charge in [-0.3, -0.25) is 0 Å². The van der Waals surface area contributed by atoms with E-state index in [0.717, 1.165) is 26.2 Å². The van der Waals surface area contributed by atoms with Crippen LogP contribution in [0.3, 0.4) is 0 Å². The van der Waals surface area contributed by atoms with Crippen molar-refractivity contribution in [3.8, 4) is 11.1 Å². The van der Waals surface area contributed by atoms with Gasteiger partial charge in [-0.2, -0.15) is 0 Å². The summed E-state index contributed by atoms with van der Waals surface area (Å²) in [5.74, 6) is -0.441.